The average molecular weight is 281 g/mol. The number of H-pyrrole nitrogens is 1. The van der Waals surface area contributed by atoms with Gasteiger partial charge in [0.05, 0.1) is 12.6 Å². The summed E-state index contributed by atoms with van der Waals surface area (Å²) in [5.74, 6) is 0.863. The van der Waals surface area contributed by atoms with E-state index in [0.717, 1.165) is 41.9 Å². The summed E-state index contributed by atoms with van der Waals surface area (Å²) in [5.41, 5.74) is 3.42. The number of methoxy groups -OCH3 is 1. The third-order valence-electron chi connectivity index (χ3n) is 3.56. The quantitative estimate of drug-likeness (QED) is 0.683. The summed E-state index contributed by atoms with van der Waals surface area (Å²) in [6.45, 7) is 1.79. The number of aromatic amines is 1. The second-order valence-electron chi connectivity index (χ2n) is 5.00. The molecule has 4 heteroatoms. The predicted octanol–water partition coefficient (Wildman–Crippen LogP) is 2.90. The minimum Gasteiger partial charge on any atom is -0.497 e. The molecule has 0 fully saturated rings. The highest BCUT2D eigenvalue weighted by molar-refractivity contribution is 5.82. The normalized spacial score (nSPS) is 10.9. The lowest BCUT2D eigenvalue weighted by Crippen LogP contribution is -2.16. The summed E-state index contributed by atoms with van der Waals surface area (Å²) in [7, 11) is 1.68. The summed E-state index contributed by atoms with van der Waals surface area (Å²) < 4.78 is 5.27. The second-order valence-corrected chi connectivity index (χ2v) is 5.00. The Balaban J connectivity index is 1.60. The Hall–Kier alpha value is -2.33. The van der Waals surface area contributed by atoms with Crippen LogP contribution in [0.25, 0.3) is 10.9 Å². The first-order chi connectivity index (χ1) is 10.4. The molecule has 0 unspecified atom stereocenters. The van der Waals surface area contributed by atoms with E-state index >= 15 is 0 Å². The minimum atomic E-state index is 0.863. The van der Waals surface area contributed by atoms with E-state index in [-0.39, 0.29) is 0 Å². The number of hydrogen-bond donors (Lipinski definition) is 2. The Kier molecular flexibility index (Phi) is 4.17. The van der Waals surface area contributed by atoms with E-state index in [1.807, 2.05) is 24.3 Å². The minimum absolute atomic E-state index is 0.863. The topological polar surface area (TPSA) is 49.9 Å². The number of nitrogens with zero attached hydrogens (tertiary/aromatic N) is 1. The van der Waals surface area contributed by atoms with Crippen LogP contribution in [-0.2, 0) is 13.0 Å². The second kappa shape index (κ2) is 6.41. The molecule has 0 saturated heterocycles. The molecule has 0 aliphatic rings. The van der Waals surface area contributed by atoms with Crippen molar-refractivity contribution in [2.24, 2.45) is 0 Å². The van der Waals surface area contributed by atoms with Crippen LogP contribution < -0.4 is 10.1 Å². The van der Waals surface area contributed by atoms with Crippen molar-refractivity contribution < 1.29 is 4.74 Å². The van der Waals surface area contributed by atoms with E-state index in [1.165, 1.54) is 5.56 Å². The molecule has 0 radical (unpaired) electrons. The van der Waals surface area contributed by atoms with E-state index in [1.54, 1.807) is 7.11 Å². The highest BCUT2D eigenvalue weighted by Gasteiger charge is 2.06. The number of benzene rings is 2. The van der Waals surface area contributed by atoms with Gasteiger partial charge in [-0.15, -0.1) is 0 Å². The van der Waals surface area contributed by atoms with Gasteiger partial charge < -0.3 is 10.1 Å². The van der Waals surface area contributed by atoms with Crippen molar-refractivity contribution in [2.75, 3.05) is 13.7 Å². The number of rotatable bonds is 6. The lowest BCUT2D eigenvalue weighted by Gasteiger charge is -2.04. The van der Waals surface area contributed by atoms with Gasteiger partial charge in [-0.3, -0.25) is 5.10 Å². The van der Waals surface area contributed by atoms with Crippen molar-refractivity contribution in [2.45, 2.75) is 13.0 Å². The van der Waals surface area contributed by atoms with Gasteiger partial charge in [0.2, 0.25) is 0 Å². The molecule has 0 aliphatic carbocycles. The van der Waals surface area contributed by atoms with Gasteiger partial charge in [0.1, 0.15) is 5.75 Å². The molecule has 21 heavy (non-hydrogen) atoms. The zero-order valence-corrected chi connectivity index (χ0v) is 12.1. The fourth-order valence-electron chi connectivity index (χ4n) is 2.40. The number of aromatic nitrogens is 2. The first-order valence-electron chi connectivity index (χ1n) is 7.12. The molecule has 0 saturated carbocycles. The Morgan fingerprint density at radius 1 is 1.14 bits per heavy atom. The lowest BCUT2D eigenvalue weighted by molar-refractivity contribution is 0.415. The molecule has 0 spiro atoms. The molecule has 0 atom stereocenters. The number of hydrogen-bond acceptors (Lipinski definition) is 3. The van der Waals surface area contributed by atoms with Crippen molar-refractivity contribution >= 4 is 10.9 Å². The van der Waals surface area contributed by atoms with E-state index in [9.17, 15) is 0 Å². The van der Waals surface area contributed by atoms with Crippen molar-refractivity contribution in [1.29, 1.82) is 0 Å². The molecule has 0 bridgehead atoms. The zero-order chi connectivity index (χ0) is 14.5. The van der Waals surface area contributed by atoms with Gasteiger partial charge >= 0.3 is 0 Å². The molecular formula is C17H19N3O. The van der Waals surface area contributed by atoms with Crippen molar-refractivity contribution in [1.82, 2.24) is 15.5 Å². The SMILES string of the molecule is COc1ccc2n[nH]c(CCNCc3ccccc3)c2c1. The Morgan fingerprint density at radius 3 is 2.81 bits per heavy atom. The van der Waals surface area contributed by atoms with Crippen LogP contribution in [0, 0.1) is 0 Å². The smallest absolute Gasteiger partial charge is 0.119 e. The third-order valence-corrected chi connectivity index (χ3v) is 3.56. The van der Waals surface area contributed by atoms with E-state index in [0.29, 0.717) is 0 Å². The molecule has 0 aliphatic heterocycles. The molecule has 2 aromatic carbocycles. The van der Waals surface area contributed by atoms with E-state index in [2.05, 4.69) is 39.8 Å². The first-order valence-corrected chi connectivity index (χ1v) is 7.12. The van der Waals surface area contributed by atoms with Gasteiger partial charge in [-0.05, 0) is 23.8 Å². The molecule has 3 aromatic rings. The van der Waals surface area contributed by atoms with Gasteiger partial charge in [-0.2, -0.15) is 5.10 Å². The molecule has 0 amide bonds. The van der Waals surface area contributed by atoms with Gasteiger partial charge in [0.25, 0.3) is 0 Å². The van der Waals surface area contributed by atoms with Crippen molar-refractivity contribution in [3.63, 3.8) is 0 Å². The summed E-state index contributed by atoms with van der Waals surface area (Å²) >= 11 is 0. The molecule has 4 nitrogen and oxygen atoms in total. The zero-order valence-electron chi connectivity index (χ0n) is 12.1. The van der Waals surface area contributed by atoms with Crippen molar-refractivity contribution in [3.8, 4) is 5.75 Å². The Morgan fingerprint density at radius 2 is 2.00 bits per heavy atom. The number of fused-ring (bicyclic) bond motifs is 1. The Labute approximate surface area is 124 Å². The maximum Gasteiger partial charge on any atom is 0.119 e. The first kappa shape index (κ1) is 13.6. The van der Waals surface area contributed by atoms with Crippen LogP contribution in [0.3, 0.4) is 0 Å². The van der Waals surface area contributed by atoms with Crippen LogP contribution in [0.4, 0.5) is 0 Å². The number of nitrogens with one attached hydrogen (secondary N) is 2. The largest absolute Gasteiger partial charge is 0.497 e. The lowest BCUT2D eigenvalue weighted by atomic mass is 10.1. The van der Waals surface area contributed by atoms with Crippen LogP contribution >= 0.6 is 0 Å². The summed E-state index contributed by atoms with van der Waals surface area (Å²) in [5, 5.41) is 12.0. The van der Waals surface area contributed by atoms with Gasteiger partial charge in [0, 0.05) is 30.6 Å². The standard InChI is InChI=1S/C17H19N3O/c1-21-14-7-8-16-15(11-14)17(20-19-16)9-10-18-12-13-5-3-2-4-6-13/h2-8,11,18H,9-10,12H2,1H3,(H,19,20). The van der Waals surface area contributed by atoms with Gasteiger partial charge in [-0.1, -0.05) is 30.3 Å². The summed E-state index contributed by atoms with van der Waals surface area (Å²) in [6.07, 6.45) is 0.913. The van der Waals surface area contributed by atoms with Gasteiger partial charge in [-0.25, -0.2) is 0 Å². The summed E-state index contributed by atoms with van der Waals surface area (Å²) in [4.78, 5) is 0. The molecule has 3 rings (SSSR count). The fraction of sp³-hybridized carbons (Fsp3) is 0.235. The van der Waals surface area contributed by atoms with Crippen LogP contribution in [0.2, 0.25) is 0 Å². The fourth-order valence-corrected chi connectivity index (χ4v) is 2.40. The predicted molar refractivity (Wildman–Crippen MR) is 84.5 cm³/mol. The Bertz CT molecular complexity index is 706. The van der Waals surface area contributed by atoms with Crippen LogP contribution in [0.15, 0.2) is 48.5 Å². The maximum absolute atomic E-state index is 5.27. The van der Waals surface area contributed by atoms with Crippen LogP contribution in [0.1, 0.15) is 11.3 Å². The highest BCUT2D eigenvalue weighted by atomic mass is 16.5. The third kappa shape index (κ3) is 3.23. The van der Waals surface area contributed by atoms with Crippen LogP contribution in [-0.4, -0.2) is 23.9 Å². The van der Waals surface area contributed by atoms with Gasteiger partial charge in [0.15, 0.2) is 0 Å². The molecule has 2 N–H and O–H groups in total. The molecule has 1 aromatic heterocycles. The molecule has 108 valence electrons. The van der Waals surface area contributed by atoms with Crippen LogP contribution in [0.5, 0.6) is 5.75 Å². The maximum atomic E-state index is 5.27. The number of ether oxygens (including phenoxy) is 1. The molecular weight excluding hydrogens is 262 g/mol. The highest BCUT2D eigenvalue weighted by Crippen LogP contribution is 2.22. The monoisotopic (exact) mass is 281 g/mol. The van der Waals surface area contributed by atoms with E-state index in [4.69, 9.17) is 4.74 Å². The molecule has 1 heterocycles. The summed E-state index contributed by atoms with van der Waals surface area (Å²) in [6, 6.07) is 16.4. The average Bonchev–Trinajstić information content (AvgIpc) is 2.95. The van der Waals surface area contributed by atoms with E-state index < -0.39 is 0 Å². The van der Waals surface area contributed by atoms with Crippen molar-refractivity contribution in [3.05, 3.63) is 59.8 Å².